The van der Waals surface area contributed by atoms with Crippen LogP contribution in [-0.4, -0.2) is 52.7 Å². The summed E-state index contributed by atoms with van der Waals surface area (Å²) in [5.41, 5.74) is 4.45. The van der Waals surface area contributed by atoms with Crippen molar-refractivity contribution in [2.45, 2.75) is 5.92 Å². The maximum atomic E-state index is 12.9. The van der Waals surface area contributed by atoms with E-state index in [1.54, 1.807) is 6.07 Å². The second-order valence-electron chi connectivity index (χ2n) is 7.72. The van der Waals surface area contributed by atoms with Crippen LogP contribution in [-0.2, 0) is 9.53 Å². The molecule has 0 aliphatic heterocycles. The molecule has 0 saturated heterocycles. The molecule has 0 saturated carbocycles. The van der Waals surface area contributed by atoms with Crippen LogP contribution in [0.5, 0.6) is 0 Å². The third kappa shape index (κ3) is 4.66. The molecule has 0 atom stereocenters. The van der Waals surface area contributed by atoms with Crippen molar-refractivity contribution >= 4 is 23.7 Å². The van der Waals surface area contributed by atoms with Gasteiger partial charge in [0.25, 0.3) is 5.91 Å². The van der Waals surface area contributed by atoms with Gasteiger partial charge < -0.3 is 14.7 Å². The number of ether oxygens (including phenoxy) is 1. The molecule has 2 aromatic carbocycles. The first-order chi connectivity index (χ1) is 16.5. The highest BCUT2D eigenvalue weighted by Crippen LogP contribution is 2.44. The van der Waals surface area contributed by atoms with E-state index in [-0.39, 0.29) is 30.5 Å². The molecule has 0 fully saturated rings. The molecule has 2 amide bonds. The van der Waals surface area contributed by atoms with Crippen LogP contribution in [0, 0.1) is 0 Å². The van der Waals surface area contributed by atoms with E-state index in [9.17, 15) is 14.4 Å². The number of carboxylic acids is 1. The van der Waals surface area contributed by atoms with Gasteiger partial charge in [0.1, 0.15) is 13.2 Å². The Hall–Kier alpha value is -4.46. The van der Waals surface area contributed by atoms with Crippen LogP contribution >= 0.6 is 0 Å². The number of rotatable bonds is 8. The minimum atomic E-state index is -1.17. The highest BCUT2D eigenvalue weighted by atomic mass is 16.5. The quantitative estimate of drug-likeness (QED) is 0.492. The molecule has 2 N–H and O–H groups in total. The predicted octanol–water partition coefficient (Wildman–Crippen LogP) is 4.16. The summed E-state index contributed by atoms with van der Waals surface area (Å²) in [6.45, 7) is 3.17. The number of aliphatic carboxylic acids is 1. The number of benzene rings is 2. The van der Waals surface area contributed by atoms with Crippen molar-refractivity contribution < 1.29 is 24.2 Å². The number of carbonyl (C=O) groups excluding carboxylic acids is 2. The number of carbonyl (C=O) groups is 3. The van der Waals surface area contributed by atoms with Gasteiger partial charge in [-0.15, -0.1) is 6.58 Å². The van der Waals surface area contributed by atoms with Crippen LogP contribution in [0.25, 0.3) is 11.1 Å². The molecule has 0 radical (unpaired) electrons. The van der Waals surface area contributed by atoms with Gasteiger partial charge in [0.15, 0.2) is 5.69 Å². The Labute approximate surface area is 196 Å². The Kier molecular flexibility index (Phi) is 6.68. The zero-order valence-electron chi connectivity index (χ0n) is 18.3. The average molecular weight is 457 g/mol. The van der Waals surface area contributed by atoms with Crippen LogP contribution in [0.3, 0.4) is 0 Å². The highest BCUT2D eigenvalue weighted by molar-refractivity contribution is 6.01. The molecule has 1 aromatic heterocycles. The first-order valence-electron chi connectivity index (χ1n) is 10.7. The van der Waals surface area contributed by atoms with E-state index in [2.05, 4.69) is 16.9 Å². The number of nitrogens with zero attached hydrogens (tertiary/aromatic N) is 2. The van der Waals surface area contributed by atoms with Crippen molar-refractivity contribution in [3.05, 3.63) is 96.3 Å². The molecule has 1 aliphatic carbocycles. The van der Waals surface area contributed by atoms with Gasteiger partial charge in [0.05, 0.1) is 5.69 Å². The summed E-state index contributed by atoms with van der Waals surface area (Å²) < 4.78 is 5.54. The molecule has 8 nitrogen and oxygen atoms in total. The van der Waals surface area contributed by atoms with E-state index in [1.807, 2.05) is 48.5 Å². The Morgan fingerprint density at radius 1 is 1.03 bits per heavy atom. The highest BCUT2D eigenvalue weighted by Gasteiger charge is 2.29. The second kappa shape index (κ2) is 9.99. The fourth-order valence-corrected chi connectivity index (χ4v) is 4.11. The monoisotopic (exact) mass is 457 g/mol. The third-order valence-electron chi connectivity index (χ3n) is 5.55. The minimum absolute atomic E-state index is 0.0199. The summed E-state index contributed by atoms with van der Waals surface area (Å²) in [7, 11) is 0. The first-order valence-corrected chi connectivity index (χ1v) is 10.7. The number of fused-ring (bicyclic) bond motifs is 3. The van der Waals surface area contributed by atoms with E-state index < -0.39 is 24.5 Å². The van der Waals surface area contributed by atoms with Gasteiger partial charge in [-0.3, -0.25) is 14.9 Å². The lowest BCUT2D eigenvalue weighted by atomic mass is 9.98. The normalized spacial score (nSPS) is 11.8. The maximum Gasteiger partial charge on any atom is 0.411 e. The van der Waals surface area contributed by atoms with Crippen molar-refractivity contribution in [3.8, 4) is 11.1 Å². The largest absolute Gasteiger partial charge is 0.480 e. The number of anilines is 1. The molecule has 4 rings (SSSR count). The molecule has 0 bridgehead atoms. The summed E-state index contributed by atoms with van der Waals surface area (Å²) in [6.07, 6.45) is 2.07. The Morgan fingerprint density at radius 2 is 1.68 bits per heavy atom. The molecule has 0 unspecified atom stereocenters. The number of pyridine rings is 1. The Balaban J connectivity index is 1.48. The smallest absolute Gasteiger partial charge is 0.411 e. The van der Waals surface area contributed by atoms with Crippen molar-refractivity contribution in [1.82, 2.24) is 9.88 Å². The molecule has 3 aromatic rings. The molecule has 172 valence electrons. The maximum absolute atomic E-state index is 12.9. The average Bonchev–Trinajstić information content (AvgIpc) is 3.16. The standard InChI is InChI=1S/C26H23N3O5/c1-2-14-29(15-23(30)31)25(32)24-22(12-7-13-27-24)28-26(33)34-16-21-19-10-5-3-8-17(19)18-9-4-6-11-20(18)21/h2-13,21H,1,14-16H2,(H,28,33)(H,30,31). The van der Waals surface area contributed by atoms with Gasteiger partial charge >= 0.3 is 12.1 Å². The van der Waals surface area contributed by atoms with Gasteiger partial charge in [0.2, 0.25) is 0 Å². The first kappa shape index (κ1) is 22.7. The summed E-state index contributed by atoms with van der Waals surface area (Å²) in [5.74, 6) is -1.92. The van der Waals surface area contributed by atoms with Crippen LogP contribution < -0.4 is 5.32 Å². The van der Waals surface area contributed by atoms with Crippen LogP contribution in [0.15, 0.2) is 79.5 Å². The predicted molar refractivity (Wildman–Crippen MR) is 127 cm³/mol. The Bertz CT molecular complexity index is 1210. The van der Waals surface area contributed by atoms with Crippen molar-refractivity contribution in [2.24, 2.45) is 0 Å². The minimum Gasteiger partial charge on any atom is -0.480 e. The number of carboxylic acid groups (broad SMARTS) is 1. The second-order valence-corrected chi connectivity index (χ2v) is 7.72. The number of hydrogen-bond acceptors (Lipinski definition) is 5. The molecule has 1 heterocycles. The summed E-state index contributed by atoms with van der Waals surface area (Å²) in [5, 5.41) is 11.7. The molecular formula is C26H23N3O5. The van der Waals surface area contributed by atoms with Gasteiger partial charge in [-0.25, -0.2) is 9.78 Å². The van der Waals surface area contributed by atoms with E-state index in [0.29, 0.717) is 0 Å². The van der Waals surface area contributed by atoms with E-state index in [4.69, 9.17) is 9.84 Å². The fraction of sp³-hybridized carbons (Fsp3) is 0.154. The van der Waals surface area contributed by atoms with Gasteiger partial charge in [0, 0.05) is 18.7 Å². The molecule has 0 spiro atoms. The van der Waals surface area contributed by atoms with E-state index in [0.717, 1.165) is 27.2 Å². The zero-order chi connectivity index (χ0) is 24.1. The molecule has 1 aliphatic rings. The summed E-state index contributed by atoms with van der Waals surface area (Å²) in [4.78, 5) is 41.8. The number of amides is 2. The van der Waals surface area contributed by atoms with Gasteiger partial charge in [-0.2, -0.15) is 0 Å². The van der Waals surface area contributed by atoms with Crippen molar-refractivity contribution in [2.75, 3.05) is 25.0 Å². The van der Waals surface area contributed by atoms with Crippen LogP contribution in [0.2, 0.25) is 0 Å². The molecular weight excluding hydrogens is 434 g/mol. The molecule has 8 heteroatoms. The van der Waals surface area contributed by atoms with Crippen LogP contribution in [0.1, 0.15) is 27.5 Å². The van der Waals surface area contributed by atoms with Gasteiger partial charge in [-0.1, -0.05) is 54.6 Å². The fourth-order valence-electron chi connectivity index (χ4n) is 4.11. The molecule has 34 heavy (non-hydrogen) atoms. The summed E-state index contributed by atoms with van der Waals surface area (Å²) >= 11 is 0. The lowest BCUT2D eigenvalue weighted by Gasteiger charge is -2.20. The van der Waals surface area contributed by atoms with Crippen LogP contribution in [0.4, 0.5) is 10.5 Å². The SMILES string of the molecule is C=CCN(CC(=O)O)C(=O)c1ncccc1NC(=O)OCC1c2ccccc2-c2ccccc21. The van der Waals surface area contributed by atoms with E-state index in [1.165, 1.54) is 18.3 Å². The topological polar surface area (TPSA) is 109 Å². The summed E-state index contributed by atoms with van der Waals surface area (Å²) in [6, 6.07) is 19.1. The van der Waals surface area contributed by atoms with Crippen molar-refractivity contribution in [3.63, 3.8) is 0 Å². The van der Waals surface area contributed by atoms with Crippen molar-refractivity contribution in [1.29, 1.82) is 0 Å². The van der Waals surface area contributed by atoms with Gasteiger partial charge in [-0.05, 0) is 34.4 Å². The number of hydrogen-bond donors (Lipinski definition) is 2. The number of nitrogens with one attached hydrogen (secondary N) is 1. The Morgan fingerprint density at radius 3 is 2.29 bits per heavy atom. The lowest BCUT2D eigenvalue weighted by molar-refractivity contribution is -0.137. The lowest BCUT2D eigenvalue weighted by Crippen LogP contribution is -2.36. The number of aromatic nitrogens is 1. The zero-order valence-corrected chi connectivity index (χ0v) is 18.3. The third-order valence-corrected chi connectivity index (χ3v) is 5.55. The van der Waals surface area contributed by atoms with E-state index >= 15 is 0 Å².